The number of sulfonamides is 1. The van der Waals surface area contributed by atoms with Crippen LogP contribution in [0.25, 0.3) is 0 Å². The lowest BCUT2D eigenvalue weighted by Crippen LogP contribution is -2.52. The predicted molar refractivity (Wildman–Crippen MR) is 71.0 cm³/mol. The van der Waals surface area contributed by atoms with Gasteiger partial charge in [0.2, 0.25) is 10.0 Å². The van der Waals surface area contributed by atoms with Crippen LogP contribution in [0.4, 0.5) is 0 Å². The fourth-order valence-corrected chi connectivity index (χ4v) is 2.39. The standard InChI is InChI=1S/C9H21N3O2S2/c1-5-6-10-8(15)11-7-9(2,3)12-16(4,13)14/h12H,5-7H2,1-4H3,(H2,10,11,15). The van der Waals surface area contributed by atoms with Gasteiger partial charge in [0.25, 0.3) is 0 Å². The Balaban J connectivity index is 4.04. The Morgan fingerprint density at radius 1 is 1.31 bits per heavy atom. The van der Waals surface area contributed by atoms with Crippen molar-refractivity contribution in [3.8, 4) is 0 Å². The van der Waals surface area contributed by atoms with Gasteiger partial charge in [0.15, 0.2) is 5.11 Å². The Hall–Kier alpha value is -0.400. The molecule has 0 amide bonds. The highest BCUT2D eigenvalue weighted by molar-refractivity contribution is 7.88. The van der Waals surface area contributed by atoms with Gasteiger partial charge in [0, 0.05) is 18.6 Å². The van der Waals surface area contributed by atoms with Gasteiger partial charge >= 0.3 is 0 Å². The van der Waals surface area contributed by atoms with Gasteiger partial charge in [0.05, 0.1) is 6.26 Å². The summed E-state index contributed by atoms with van der Waals surface area (Å²) in [6.45, 7) is 6.89. The third-order valence-electron chi connectivity index (χ3n) is 1.69. The number of hydrogen-bond donors (Lipinski definition) is 3. The summed E-state index contributed by atoms with van der Waals surface area (Å²) in [6.07, 6.45) is 2.13. The average molecular weight is 267 g/mol. The Kier molecular flexibility index (Phi) is 6.20. The first kappa shape index (κ1) is 15.6. The van der Waals surface area contributed by atoms with Gasteiger partial charge in [-0.3, -0.25) is 0 Å². The lowest BCUT2D eigenvalue weighted by molar-refractivity contribution is 0.448. The van der Waals surface area contributed by atoms with Gasteiger partial charge in [-0.25, -0.2) is 13.1 Å². The zero-order valence-electron chi connectivity index (χ0n) is 10.3. The van der Waals surface area contributed by atoms with E-state index in [0.717, 1.165) is 19.2 Å². The summed E-state index contributed by atoms with van der Waals surface area (Å²) < 4.78 is 24.7. The molecule has 3 N–H and O–H groups in total. The topological polar surface area (TPSA) is 70.2 Å². The van der Waals surface area contributed by atoms with E-state index in [9.17, 15) is 8.42 Å². The molecule has 0 fully saturated rings. The summed E-state index contributed by atoms with van der Waals surface area (Å²) in [7, 11) is -3.20. The van der Waals surface area contributed by atoms with Crippen molar-refractivity contribution in [2.24, 2.45) is 0 Å². The molecule has 0 radical (unpaired) electrons. The van der Waals surface area contributed by atoms with E-state index < -0.39 is 15.6 Å². The second kappa shape index (κ2) is 6.36. The van der Waals surface area contributed by atoms with Crippen LogP contribution in [0.3, 0.4) is 0 Å². The van der Waals surface area contributed by atoms with E-state index in [1.54, 1.807) is 13.8 Å². The van der Waals surface area contributed by atoms with Crippen LogP contribution in [0.15, 0.2) is 0 Å². The van der Waals surface area contributed by atoms with Crippen LogP contribution in [-0.4, -0.2) is 38.4 Å². The maximum absolute atomic E-state index is 11.1. The quantitative estimate of drug-likeness (QED) is 0.599. The molecule has 16 heavy (non-hydrogen) atoms. The van der Waals surface area contributed by atoms with Crippen molar-refractivity contribution in [2.75, 3.05) is 19.3 Å². The lowest BCUT2D eigenvalue weighted by atomic mass is 10.1. The fourth-order valence-electron chi connectivity index (χ4n) is 1.14. The minimum atomic E-state index is -3.20. The average Bonchev–Trinajstić information content (AvgIpc) is 2.07. The van der Waals surface area contributed by atoms with Gasteiger partial charge in [-0.1, -0.05) is 6.92 Å². The molecule has 0 atom stereocenters. The van der Waals surface area contributed by atoms with E-state index >= 15 is 0 Å². The molecule has 0 aromatic heterocycles. The van der Waals surface area contributed by atoms with Crippen molar-refractivity contribution < 1.29 is 8.42 Å². The minimum absolute atomic E-state index is 0.440. The smallest absolute Gasteiger partial charge is 0.209 e. The number of nitrogens with one attached hydrogen (secondary N) is 3. The Morgan fingerprint density at radius 3 is 2.31 bits per heavy atom. The predicted octanol–water partition coefficient (Wildman–Crippen LogP) is 0.188. The SMILES string of the molecule is CCCNC(=S)NCC(C)(C)NS(C)(=O)=O. The van der Waals surface area contributed by atoms with Crippen LogP contribution < -0.4 is 15.4 Å². The molecule has 0 unspecified atom stereocenters. The summed E-state index contributed by atoms with van der Waals surface area (Å²) >= 11 is 5.03. The van der Waals surface area contributed by atoms with E-state index in [0.29, 0.717) is 11.7 Å². The van der Waals surface area contributed by atoms with Crippen molar-refractivity contribution in [3.05, 3.63) is 0 Å². The Labute approximate surface area is 103 Å². The summed E-state index contributed by atoms with van der Waals surface area (Å²) in [6, 6.07) is 0. The highest BCUT2D eigenvalue weighted by atomic mass is 32.2. The fraction of sp³-hybridized carbons (Fsp3) is 0.889. The maximum atomic E-state index is 11.1. The lowest BCUT2D eigenvalue weighted by Gasteiger charge is -2.26. The van der Waals surface area contributed by atoms with Crippen LogP contribution in [0.2, 0.25) is 0 Å². The maximum Gasteiger partial charge on any atom is 0.209 e. The second-order valence-corrected chi connectivity index (χ2v) is 6.52. The summed E-state index contributed by atoms with van der Waals surface area (Å²) in [4.78, 5) is 0. The highest BCUT2D eigenvalue weighted by Crippen LogP contribution is 2.01. The molecule has 0 aromatic rings. The molecule has 0 heterocycles. The summed E-state index contributed by atoms with van der Waals surface area (Å²) in [5.74, 6) is 0. The minimum Gasteiger partial charge on any atom is -0.363 e. The van der Waals surface area contributed by atoms with Gasteiger partial charge in [-0.2, -0.15) is 0 Å². The van der Waals surface area contributed by atoms with Crippen LogP contribution in [0.1, 0.15) is 27.2 Å². The largest absolute Gasteiger partial charge is 0.363 e. The number of thiocarbonyl (C=S) groups is 1. The van der Waals surface area contributed by atoms with Crippen molar-refractivity contribution >= 4 is 27.4 Å². The first-order valence-corrected chi connectivity index (χ1v) is 7.47. The Bertz CT molecular complexity index is 326. The van der Waals surface area contributed by atoms with E-state index in [4.69, 9.17) is 12.2 Å². The molecule has 0 spiro atoms. The highest BCUT2D eigenvalue weighted by Gasteiger charge is 2.21. The van der Waals surface area contributed by atoms with E-state index in [2.05, 4.69) is 15.4 Å². The molecule has 0 bridgehead atoms. The van der Waals surface area contributed by atoms with Gasteiger partial charge in [0.1, 0.15) is 0 Å². The van der Waals surface area contributed by atoms with Gasteiger partial charge in [-0.15, -0.1) is 0 Å². The summed E-state index contributed by atoms with van der Waals surface area (Å²) in [5.41, 5.74) is -0.564. The first-order valence-electron chi connectivity index (χ1n) is 5.17. The van der Waals surface area contributed by atoms with Gasteiger partial charge in [-0.05, 0) is 32.5 Å². The second-order valence-electron chi connectivity index (χ2n) is 4.37. The molecule has 0 aliphatic rings. The van der Waals surface area contributed by atoms with Crippen LogP contribution in [0, 0.1) is 0 Å². The molecule has 0 saturated heterocycles. The molecular formula is C9H21N3O2S2. The van der Waals surface area contributed by atoms with Gasteiger partial charge < -0.3 is 10.6 Å². The van der Waals surface area contributed by atoms with Crippen molar-refractivity contribution in [2.45, 2.75) is 32.7 Å². The molecule has 0 aliphatic heterocycles. The third kappa shape index (κ3) is 8.87. The normalized spacial score (nSPS) is 12.2. The number of rotatable bonds is 6. The summed E-state index contributed by atoms with van der Waals surface area (Å²) in [5, 5.41) is 6.53. The van der Waals surface area contributed by atoms with Crippen LogP contribution in [0.5, 0.6) is 0 Å². The molecule has 0 aliphatic carbocycles. The molecule has 0 saturated carbocycles. The van der Waals surface area contributed by atoms with E-state index in [1.165, 1.54) is 0 Å². The van der Waals surface area contributed by atoms with E-state index in [1.807, 2.05) is 6.92 Å². The van der Waals surface area contributed by atoms with Crippen molar-refractivity contribution in [3.63, 3.8) is 0 Å². The van der Waals surface area contributed by atoms with Crippen LogP contribution >= 0.6 is 12.2 Å². The monoisotopic (exact) mass is 267 g/mol. The molecule has 0 rings (SSSR count). The zero-order chi connectivity index (χ0) is 12.8. The van der Waals surface area contributed by atoms with Crippen LogP contribution in [-0.2, 0) is 10.0 Å². The molecule has 0 aromatic carbocycles. The van der Waals surface area contributed by atoms with Crippen molar-refractivity contribution in [1.82, 2.24) is 15.4 Å². The van der Waals surface area contributed by atoms with Crippen molar-refractivity contribution in [1.29, 1.82) is 0 Å². The Morgan fingerprint density at radius 2 is 1.88 bits per heavy atom. The molecular weight excluding hydrogens is 246 g/mol. The first-order chi connectivity index (χ1) is 7.16. The zero-order valence-corrected chi connectivity index (χ0v) is 11.9. The molecule has 7 heteroatoms. The number of hydrogen-bond acceptors (Lipinski definition) is 3. The van der Waals surface area contributed by atoms with E-state index in [-0.39, 0.29) is 0 Å². The third-order valence-corrected chi connectivity index (χ3v) is 2.90. The molecule has 5 nitrogen and oxygen atoms in total. The molecule has 96 valence electrons.